The van der Waals surface area contributed by atoms with E-state index in [0.29, 0.717) is 10.6 Å². The van der Waals surface area contributed by atoms with Crippen LogP contribution in [0.3, 0.4) is 0 Å². The lowest BCUT2D eigenvalue weighted by molar-refractivity contribution is -0.138. The van der Waals surface area contributed by atoms with Crippen LogP contribution in [0.5, 0.6) is 0 Å². The van der Waals surface area contributed by atoms with Crippen molar-refractivity contribution in [3.8, 4) is 0 Å². The molecule has 0 saturated heterocycles. The number of carbonyl (C=O) groups is 1. The van der Waals surface area contributed by atoms with Crippen LogP contribution >= 0.6 is 11.6 Å². The summed E-state index contributed by atoms with van der Waals surface area (Å²) < 4.78 is 0. The Bertz CT molecular complexity index is 429. The normalized spacial score (nSPS) is 12.2. The van der Waals surface area contributed by atoms with Crippen LogP contribution in [0.15, 0.2) is 24.8 Å². The fraction of sp³-hybridized carbons (Fsp3) is 0.250. The van der Waals surface area contributed by atoms with E-state index in [-0.39, 0.29) is 6.54 Å². The first-order valence-electron chi connectivity index (χ1n) is 4.85. The molecule has 0 radical (unpaired) electrons. The van der Waals surface area contributed by atoms with Crippen LogP contribution in [0, 0.1) is 0 Å². The molecule has 1 rings (SSSR count). The van der Waals surface area contributed by atoms with Gasteiger partial charge in [0.25, 0.3) is 0 Å². The number of hydrogen-bond donors (Lipinski definition) is 2. The summed E-state index contributed by atoms with van der Waals surface area (Å²) in [4.78, 5) is 11.0. The number of aliphatic carboxylic acids is 1. The lowest BCUT2D eigenvalue weighted by Crippen LogP contribution is -2.21. The van der Waals surface area contributed by atoms with Gasteiger partial charge in [-0.15, -0.1) is 0 Å². The van der Waals surface area contributed by atoms with Crippen molar-refractivity contribution in [2.45, 2.75) is 12.8 Å². The van der Waals surface area contributed by atoms with Crippen molar-refractivity contribution in [1.29, 1.82) is 0 Å². The molecule has 4 heteroatoms. The number of rotatable bonds is 4. The molecule has 3 N–H and O–H groups in total. The van der Waals surface area contributed by atoms with E-state index in [2.05, 4.69) is 6.58 Å². The Hall–Kier alpha value is -1.32. The van der Waals surface area contributed by atoms with Crippen molar-refractivity contribution in [2.24, 2.45) is 5.73 Å². The van der Waals surface area contributed by atoms with E-state index in [1.807, 2.05) is 6.92 Å². The Morgan fingerprint density at radius 1 is 1.56 bits per heavy atom. The highest BCUT2D eigenvalue weighted by molar-refractivity contribution is 6.30. The van der Waals surface area contributed by atoms with Crippen molar-refractivity contribution in [3.63, 3.8) is 0 Å². The lowest BCUT2D eigenvalue weighted by atomic mass is 9.96. The largest absolute Gasteiger partial charge is 0.481 e. The Labute approximate surface area is 99.5 Å². The molecule has 3 nitrogen and oxygen atoms in total. The third-order valence-electron chi connectivity index (χ3n) is 2.35. The molecule has 86 valence electrons. The number of nitrogens with two attached hydrogens (primary N) is 1. The van der Waals surface area contributed by atoms with E-state index in [4.69, 9.17) is 22.4 Å². The third-order valence-corrected chi connectivity index (χ3v) is 2.57. The number of benzene rings is 1. The molecular weight excluding hydrogens is 226 g/mol. The predicted molar refractivity (Wildman–Crippen MR) is 65.6 cm³/mol. The van der Waals surface area contributed by atoms with E-state index < -0.39 is 11.9 Å². The molecule has 0 aromatic heterocycles. The van der Waals surface area contributed by atoms with Gasteiger partial charge in [-0.05, 0) is 30.2 Å². The molecule has 0 saturated carbocycles. The molecule has 0 aliphatic heterocycles. The van der Waals surface area contributed by atoms with E-state index in [0.717, 1.165) is 11.1 Å². The highest BCUT2D eigenvalue weighted by atomic mass is 35.5. The Balaban J connectivity index is 3.22. The van der Waals surface area contributed by atoms with Gasteiger partial charge in [0, 0.05) is 11.6 Å². The third kappa shape index (κ3) is 2.84. The second-order valence-electron chi connectivity index (χ2n) is 3.68. The summed E-state index contributed by atoms with van der Waals surface area (Å²) in [5.41, 5.74) is 7.72. The Kier molecular flexibility index (Phi) is 4.10. The van der Waals surface area contributed by atoms with Crippen molar-refractivity contribution in [2.75, 3.05) is 6.54 Å². The van der Waals surface area contributed by atoms with Gasteiger partial charge in [-0.2, -0.15) is 0 Å². The minimum atomic E-state index is -0.947. The van der Waals surface area contributed by atoms with Crippen LogP contribution in [0.4, 0.5) is 0 Å². The van der Waals surface area contributed by atoms with E-state index in [1.54, 1.807) is 18.2 Å². The van der Waals surface area contributed by atoms with Gasteiger partial charge >= 0.3 is 5.97 Å². The molecule has 0 aliphatic carbocycles. The monoisotopic (exact) mass is 239 g/mol. The minimum absolute atomic E-state index is 0.0469. The highest BCUT2D eigenvalue weighted by Crippen LogP contribution is 2.25. The Morgan fingerprint density at radius 2 is 2.19 bits per heavy atom. The summed E-state index contributed by atoms with van der Waals surface area (Å²) in [5.74, 6) is -1.67. The molecule has 1 unspecified atom stereocenters. The maximum Gasteiger partial charge on any atom is 0.312 e. The van der Waals surface area contributed by atoms with Crippen LogP contribution in [0.2, 0.25) is 5.02 Å². The zero-order valence-electron chi connectivity index (χ0n) is 9.03. The number of halogens is 1. The molecule has 1 aromatic carbocycles. The van der Waals surface area contributed by atoms with E-state index in [1.165, 1.54) is 0 Å². The van der Waals surface area contributed by atoms with Crippen LogP contribution < -0.4 is 5.73 Å². The number of carboxylic acids is 1. The molecule has 1 aromatic rings. The van der Waals surface area contributed by atoms with Crippen LogP contribution in [0.25, 0.3) is 5.57 Å². The molecule has 1 atom stereocenters. The summed E-state index contributed by atoms with van der Waals surface area (Å²) in [7, 11) is 0. The van der Waals surface area contributed by atoms with Crippen LogP contribution in [-0.2, 0) is 4.79 Å². The number of allylic oxidation sites excluding steroid dienone is 1. The molecular formula is C12H14ClNO2. The van der Waals surface area contributed by atoms with Crippen molar-refractivity contribution < 1.29 is 9.90 Å². The predicted octanol–water partition coefficient (Wildman–Crippen LogP) is 2.50. The SMILES string of the molecule is C=C(C)c1cc(Cl)cc(C(CN)C(=O)O)c1. The smallest absolute Gasteiger partial charge is 0.312 e. The van der Waals surface area contributed by atoms with Gasteiger partial charge in [-0.25, -0.2) is 0 Å². The first-order chi connectivity index (χ1) is 7.45. The maximum absolute atomic E-state index is 11.0. The summed E-state index contributed by atoms with van der Waals surface area (Å²) in [5, 5.41) is 9.50. The van der Waals surface area contributed by atoms with Gasteiger partial charge in [-0.1, -0.05) is 29.8 Å². The summed E-state index contributed by atoms with van der Waals surface area (Å²) in [6.07, 6.45) is 0. The molecule has 0 heterocycles. The fourth-order valence-electron chi connectivity index (χ4n) is 1.44. The fourth-order valence-corrected chi connectivity index (χ4v) is 1.68. The van der Waals surface area contributed by atoms with Gasteiger partial charge in [0.15, 0.2) is 0 Å². The zero-order valence-corrected chi connectivity index (χ0v) is 9.79. The van der Waals surface area contributed by atoms with E-state index in [9.17, 15) is 4.79 Å². The quantitative estimate of drug-likeness (QED) is 0.849. The van der Waals surface area contributed by atoms with Gasteiger partial charge in [-0.3, -0.25) is 4.79 Å². The second-order valence-corrected chi connectivity index (χ2v) is 4.12. The number of carboxylic acid groups (broad SMARTS) is 1. The summed E-state index contributed by atoms with van der Waals surface area (Å²) in [6, 6.07) is 5.14. The number of hydrogen-bond acceptors (Lipinski definition) is 2. The van der Waals surface area contributed by atoms with Gasteiger partial charge < -0.3 is 10.8 Å². The highest BCUT2D eigenvalue weighted by Gasteiger charge is 2.18. The van der Waals surface area contributed by atoms with E-state index >= 15 is 0 Å². The van der Waals surface area contributed by atoms with Crippen molar-refractivity contribution in [3.05, 3.63) is 40.9 Å². The standard InChI is InChI=1S/C12H14ClNO2/c1-7(2)8-3-9(5-10(13)4-8)11(6-14)12(15)16/h3-5,11H,1,6,14H2,2H3,(H,15,16). The van der Waals surface area contributed by atoms with Crippen molar-refractivity contribution >= 4 is 23.1 Å². The average Bonchev–Trinajstić information content (AvgIpc) is 2.17. The lowest BCUT2D eigenvalue weighted by Gasteiger charge is -2.12. The molecule has 0 spiro atoms. The molecule has 0 fully saturated rings. The molecule has 16 heavy (non-hydrogen) atoms. The van der Waals surface area contributed by atoms with Crippen LogP contribution in [-0.4, -0.2) is 17.6 Å². The second kappa shape index (κ2) is 5.14. The maximum atomic E-state index is 11.0. The molecule has 0 amide bonds. The minimum Gasteiger partial charge on any atom is -0.481 e. The van der Waals surface area contributed by atoms with Crippen LogP contribution in [0.1, 0.15) is 24.0 Å². The first-order valence-corrected chi connectivity index (χ1v) is 5.22. The first kappa shape index (κ1) is 12.7. The van der Waals surface area contributed by atoms with Gasteiger partial charge in [0.1, 0.15) is 0 Å². The Morgan fingerprint density at radius 3 is 2.62 bits per heavy atom. The average molecular weight is 240 g/mol. The topological polar surface area (TPSA) is 63.3 Å². The zero-order chi connectivity index (χ0) is 12.3. The molecule has 0 aliphatic rings. The van der Waals surface area contributed by atoms with Gasteiger partial charge in [0.05, 0.1) is 5.92 Å². The van der Waals surface area contributed by atoms with Gasteiger partial charge in [0.2, 0.25) is 0 Å². The molecule has 0 bridgehead atoms. The summed E-state index contributed by atoms with van der Waals surface area (Å²) in [6.45, 7) is 5.69. The summed E-state index contributed by atoms with van der Waals surface area (Å²) >= 11 is 5.92. The van der Waals surface area contributed by atoms with Crippen molar-refractivity contribution in [1.82, 2.24) is 0 Å².